The SMILES string of the molecule is NC1CCCC1Oc1ncccc1F. The van der Waals surface area contributed by atoms with Crippen molar-refractivity contribution >= 4 is 0 Å². The minimum atomic E-state index is -0.424. The number of ether oxygens (including phenoxy) is 1. The van der Waals surface area contributed by atoms with E-state index in [0.29, 0.717) is 0 Å². The minimum absolute atomic E-state index is 0.0106. The molecular formula is C10H13FN2O. The number of pyridine rings is 1. The summed E-state index contributed by atoms with van der Waals surface area (Å²) in [6.45, 7) is 0. The predicted octanol–water partition coefficient (Wildman–Crippen LogP) is 1.48. The number of hydrogen-bond donors (Lipinski definition) is 1. The van der Waals surface area contributed by atoms with Crippen molar-refractivity contribution < 1.29 is 9.13 Å². The summed E-state index contributed by atoms with van der Waals surface area (Å²) in [5.74, 6) is -0.360. The van der Waals surface area contributed by atoms with Gasteiger partial charge in [0.15, 0.2) is 5.82 Å². The summed E-state index contributed by atoms with van der Waals surface area (Å²) in [6.07, 6.45) is 4.30. The Hall–Kier alpha value is -1.16. The molecule has 1 fully saturated rings. The third-order valence-electron chi connectivity index (χ3n) is 2.49. The molecule has 2 unspecified atom stereocenters. The van der Waals surface area contributed by atoms with Crippen molar-refractivity contribution in [1.82, 2.24) is 4.98 Å². The number of aromatic nitrogens is 1. The summed E-state index contributed by atoms with van der Waals surface area (Å²) in [5, 5.41) is 0. The van der Waals surface area contributed by atoms with Gasteiger partial charge in [-0.1, -0.05) is 0 Å². The smallest absolute Gasteiger partial charge is 0.250 e. The Bertz CT molecular complexity index is 319. The van der Waals surface area contributed by atoms with Crippen LogP contribution in [0.1, 0.15) is 19.3 Å². The number of nitrogens with two attached hydrogens (primary N) is 1. The number of rotatable bonds is 2. The Balaban J connectivity index is 2.07. The van der Waals surface area contributed by atoms with Gasteiger partial charge < -0.3 is 10.5 Å². The lowest BCUT2D eigenvalue weighted by Crippen LogP contribution is -2.34. The molecule has 3 nitrogen and oxygen atoms in total. The first-order valence-corrected chi connectivity index (χ1v) is 4.80. The van der Waals surface area contributed by atoms with E-state index >= 15 is 0 Å². The van der Waals surface area contributed by atoms with E-state index in [1.165, 1.54) is 18.3 Å². The van der Waals surface area contributed by atoms with Gasteiger partial charge in [-0.05, 0) is 31.4 Å². The van der Waals surface area contributed by atoms with Crippen LogP contribution in [-0.2, 0) is 0 Å². The van der Waals surface area contributed by atoms with Crippen LogP contribution in [0.4, 0.5) is 4.39 Å². The van der Waals surface area contributed by atoms with Crippen molar-refractivity contribution in [3.8, 4) is 5.88 Å². The molecule has 1 aliphatic carbocycles. The van der Waals surface area contributed by atoms with Gasteiger partial charge in [0.1, 0.15) is 6.10 Å². The Kier molecular flexibility index (Phi) is 2.63. The molecule has 1 aliphatic rings. The molecule has 2 atom stereocenters. The molecule has 14 heavy (non-hydrogen) atoms. The lowest BCUT2D eigenvalue weighted by atomic mass is 10.2. The van der Waals surface area contributed by atoms with Crippen molar-refractivity contribution in [2.24, 2.45) is 5.73 Å². The Labute approximate surface area is 82.1 Å². The third-order valence-corrected chi connectivity index (χ3v) is 2.49. The van der Waals surface area contributed by atoms with Crippen LogP contribution in [0.2, 0.25) is 0 Å². The zero-order valence-electron chi connectivity index (χ0n) is 7.82. The molecule has 2 rings (SSSR count). The monoisotopic (exact) mass is 196 g/mol. The molecule has 0 aromatic carbocycles. The van der Waals surface area contributed by atoms with Gasteiger partial charge in [0.05, 0.1) is 0 Å². The Morgan fingerprint density at radius 1 is 1.50 bits per heavy atom. The van der Waals surface area contributed by atoms with Gasteiger partial charge in [-0.2, -0.15) is 0 Å². The highest BCUT2D eigenvalue weighted by atomic mass is 19.1. The molecule has 0 aliphatic heterocycles. The van der Waals surface area contributed by atoms with Crippen molar-refractivity contribution in [1.29, 1.82) is 0 Å². The predicted molar refractivity (Wildman–Crippen MR) is 50.4 cm³/mol. The van der Waals surface area contributed by atoms with Crippen molar-refractivity contribution in [3.63, 3.8) is 0 Å². The summed E-state index contributed by atoms with van der Waals surface area (Å²) in [4.78, 5) is 3.82. The van der Waals surface area contributed by atoms with Crippen LogP contribution in [-0.4, -0.2) is 17.1 Å². The second-order valence-corrected chi connectivity index (χ2v) is 3.54. The van der Waals surface area contributed by atoms with Crippen molar-refractivity contribution in [3.05, 3.63) is 24.1 Å². The number of halogens is 1. The van der Waals surface area contributed by atoms with Gasteiger partial charge in [0.2, 0.25) is 0 Å². The van der Waals surface area contributed by atoms with Crippen LogP contribution in [0.3, 0.4) is 0 Å². The fourth-order valence-corrected chi connectivity index (χ4v) is 1.70. The van der Waals surface area contributed by atoms with Gasteiger partial charge in [0.25, 0.3) is 5.88 Å². The van der Waals surface area contributed by atoms with Crippen LogP contribution in [0.25, 0.3) is 0 Å². The number of hydrogen-bond acceptors (Lipinski definition) is 3. The normalized spacial score (nSPS) is 26.4. The third kappa shape index (κ3) is 1.85. The lowest BCUT2D eigenvalue weighted by molar-refractivity contribution is 0.175. The van der Waals surface area contributed by atoms with Gasteiger partial charge >= 0.3 is 0 Å². The fourth-order valence-electron chi connectivity index (χ4n) is 1.70. The van der Waals surface area contributed by atoms with Crippen LogP contribution >= 0.6 is 0 Å². The average molecular weight is 196 g/mol. The van der Waals surface area contributed by atoms with E-state index in [4.69, 9.17) is 10.5 Å². The maximum Gasteiger partial charge on any atom is 0.250 e. The zero-order valence-corrected chi connectivity index (χ0v) is 7.82. The van der Waals surface area contributed by atoms with Crippen molar-refractivity contribution in [2.45, 2.75) is 31.4 Å². The molecule has 1 saturated carbocycles. The van der Waals surface area contributed by atoms with Crippen molar-refractivity contribution in [2.75, 3.05) is 0 Å². The topological polar surface area (TPSA) is 48.1 Å². The first-order valence-electron chi connectivity index (χ1n) is 4.80. The molecule has 1 heterocycles. The van der Waals surface area contributed by atoms with E-state index in [0.717, 1.165) is 19.3 Å². The maximum absolute atomic E-state index is 13.1. The number of nitrogens with zero attached hydrogens (tertiary/aromatic N) is 1. The first-order chi connectivity index (χ1) is 6.77. The molecule has 0 bridgehead atoms. The quantitative estimate of drug-likeness (QED) is 0.779. The standard InChI is InChI=1S/C10H13FN2O/c11-7-3-2-6-13-10(7)14-9-5-1-4-8(9)12/h2-3,6,8-9H,1,4-5,12H2. The average Bonchev–Trinajstić information content (AvgIpc) is 2.56. The zero-order chi connectivity index (χ0) is 9.97. The molecule has 1 aromatic heterocycles. The van der Waals surface area contributed by atoms with E-state index in [1.54, 1.807) is 0 Å². The molecule has 0 saturated heterocycles. The van der Waals surface area contributed by atoms with Gasteiger partial charge in [-0.15, -0.1) is 0 Å². The lowest BCUT2D eigenvalue weighted by Gasteiger charge is -2.16. The van der Waals surface area contributed by atoms with E-state index in [2.05, 4.69) is 4.98 Å². The summed E-state index contributed by atoms with van der Waals surface area (Å²) >= 11 is 0. The van der Waals surface area contributed by atoms with Crippen LogP contribution in [0.5, 0.6) is 5.88 Å². The molecule has 2 N–H and O–H groups in total. The summed E-state index contributed by atoms with van der Waals surface area (Å²) in [6, 6.07) is 2.89. The first kappa shape index (κ1) is 9.40. The Morgan fingerprint density at radius 3 is 3.00 bits per heavy atom. The molecule has 4 heteroatoms. The van der Waals surface area contributed by atoms with Gasteiger partial charge in [-0.25, -0.2) is 9.37 Å². The van der Waals surface area contributed by atoms with Crippen LogP contribution < -0.4 is 10.5 Å². The molecule has 0 spiro atoms. The van der Waals surface area contributed by atoms with Crippen LogP contribution in [0.15, 0.2) is 18.3 Å². The highest BCUT2D eigenvalue weighted by molar-refractivity contribution is 5.13. The molecule has 1 aromatic rings. The summed E-state index contributed by atoms with van der Waals surface area (Å²) < 4.78 is 18.5. The molecule has 0 radical (unpaired) electrons. The maximum atomic E-state index is 13.1. The van der Waals surface area contributed by atoms with Gasteiger partial charge in [0, 0.05) is 12.2 Å². The summed E-state index contributed by atoms with van der Waals surface area (Å²) in [5.41, 5.74) is 5.80. The second-order valence-electron chi connectivity index (χ2n) is 3.54. The van der Waals surface area contributed by atoms with E-state index in [-0.39, 0.29) is 18.0 Å². The molecule has 76 valence electrons. The Morgan fingerprint density at radius 2 is 2.36 bits per heavy atom. The van der Waals surface area contributed by atoms with E-state index in [9.17, 15) is 4.39 Å². The fraction of sp³-hybridized carbons (Fsp3) is 0.500. The molecule has 0 amide bonds. The largest absolute Gasteiger partial charge is 0.471 e. The van der Waals surface area contributed by atoms with E-state index in [1.807, 2.05) is 0 Å². The van der Waals surface area contributed by atoms with E-state index < -0.39 is 5.82 Å². The van der Waals surface area contributed by atoms with Crippen LogP contribution in [0, 0.1) is 5.82 Å². The summed E-state index contributed by atoms with van der Waals surface area (Å²) in [7, 11) is 0. The molecular weight excluding hydrogens is 183 g/mol. The second kappa shape index (κ2) is 3.92. The van der Waals surface area contributed by atoms with Gasteiger partial charge in [-0.3, -0.25) is 0 Å². The minimum Gasteiger partial charge on any atom is -0.471 e. The highest BCUT2D eigenvalue weighted by Gasteiger charge is 2.26. The highest BCUT2D eigenvalue weighted by Crippen LogP contribution is 2.23.